The van der Waals surface area contributed by atoms with E-state index in [1.807, 2.05) is 12.1 Å². The number of aliphatic hydroxyl groups is 1. The van der Waals surface area contributed by atoms with Crippen LogP contribution in [0.2, 0.25) is 0 Å². The molecule has 0 aliphatic heterocycles. The third-order valence-electron chi connectivity index (χ3n) is 4.10. The Labute approximate surface area is 158 Å². The smallest absolute Gasteiger partial charge is 0.368 e. The Balaban J connectivity index is 2.91. The van der Waals surface area contributed by atoms with Crippen LogP contribution in [-0.4, -0.2) is 42.2 Å². The number of rotatable bonds is 9. The molecule has 0 fully saturated rings. The second-order valence-electron chi connectivity index (χ2n) is 6.90. The van der Waals surface area contributed by atoms with Crippen molar-refractivity contribution < 1.29 is 38.6 Å². The molecule has 9 nitrogen and oxygen atoms in total. The quantitative estimate of drug-likeness (QED) is 0.378. The lowest BCUT2D eigenvalue weighted by molar-refractivity contribution is -0.116. The average Bonchev–Trinajstić information content (AvgIpc) is 2.49. The van der Waals surface area contributed by atoms with Gasteiger partial charge >= 0.3 is 15.2 Å². The van der Waals surface area contributed by atoms with Gasteiger partial charge in [0.2, 0.25) is 5.91 Å². The lowest BCUT2D eigenvalue weighted by Crippen LogP contribution is -2.33. The van der Waals surface area contributed by atoms with Crippen molar-refractivity contribution in [3.8, 4) is 0 Å². The maximum absolute atomic E-state index is 11.9. The first kappa shape index (κ1) is 24.0. The number of hydrogen-bond acceptors (Lipinski definition) is 4. The van der Waals surface area contributed by atoms with E-state index in [-0.39, 0.29) is 18.9 Å². The Morgan fingerprint density at radius 3 is 1.93 bits per heavy atom. The first-order valence-corrected chi connectivity index (χ1v) is 11.6. The highest BCUT2D eigenvalue weighted by Crippen LogP contribution is 2.69. The van der Waals surface area contributed by atoms with E-state index < -0.39 is 26.7 Å². The fraction of sp³-hybridized carbons (Fsp3) is 0.562. The minimum absolute atomic E-state index is 0.0683. The summed E-state index contributed by atoms with van der Waals surface area (Å²) in [7, 11) is -11.0. The van der Waals surface area contributed by atoms with E-state index in [0.29, 0.717) is 11.6 Å². The zero-order valence-electron chi connectivity index (χ0n) is 15.5. The summed E-state index contributed by atoms with van der Waals surface area (Å²) in [6.45, 7) is 5.40. The molecule has 0 unspecified atom stereocenters. The van der Waals surface area contributed by atoms with Gasteiger partial charge in [-0.15, -0.1) is 0 Å². The van der Waals surface area contributed by atoms with Gasteiger partial charge in [0.1, 0.15) is 0 Å². The summed E-state index contributed by atoms with van der Waals surface area (Å²) < 4.78 is 22.8. The molecule has 0 atom stereocenters. The van der Waals surface area contributed by atoms with Crippen LogP contribution < -0.4 is 4.90 Å². The van der Waals surface area contributed by atoms with Gasteiger partial charge in [0.15, 0.2) is 0 Å². The van der Waals surface area contributed by atoms with Crippen LogP contribution in [0.15, 0.2) is 24.3 Å². The first-order chi connectivity index (χ1) is 12.2. The highest BCUT2D eigenvalue weighted by Gasteiger charge is 2.58. The highest BCUT2D eigenvalue weighted by atomic mass is 31.2. The van der Waals surface area contributed by atoms with E-state index in [0.717, 1.165) is 12.0 Å². The van der Waals surface area contributed by atoms with Crippen molar-refractivity contribution in [1.29, 1.82) is 0 Å². The van der Waals surface area contributed by atoms with Crippen LogP contribution in [0.5, 0.6) is 0 Å². The van der Waals surface area contributed by atoms with Crippen LogP contribution in [0.3, 0.4) is 0 Å². The standard InChI is InChI=1S/C16H27NO8P2/c1-12(2)11-14-5-7-15(8-6-14)17(13(3)18)10-4-9-16(19,26(20,21)22)27(23,24)25/h5-8,12,19H,4,9-11H2,1-3H3,(H2,20,21,22)(H2,23,24,25). The minimum atomic E-state index is -5.50. The maximum atomic E-state index is 11.9. The molecular formula is C16H27NO8P2. The van der Waals surface area contributed by atoms with Crippen LogP contribution in [0.1, 0.15) is 39.2 Å². The number of nitrogens with zero attached hydrogens (tertiary/aromatic N) is 1. The molecule has 0 saturated heterocycles. The number of amides is 1. The van der Waals surface area contributed by atoms with Crippen LogP contribution >= 0.6 is 15.2 Å². The van der Waals surface area contributed by atoms with Crippen molar-refractivity contribution in [3.05, 3.63) is 29.8 Å². The van der Waals surface area contributed by atoms with E-state index in [4.69, 9.17) is 19.6 Å². The molecule has 154 valence electrons. The molecule has 0 radical (unpaired) electrons. The van der Waals surface area contributed by atoms with Crippen molar-refractivity contribution in [2.75, 3.05) is 11.4 Å². The minimum Gasteiger partial charge on any atom is -0.368 e. The molecule has 1 rings (SSSR count). The van der Waals surface area contributed by atoms with E-state index in [9.17, 15) is 19.0 Å². The topological polar surface area (TPSA) is 156 Å². The van der Waals surface area contributed by atoms with Crippen molar-refractivity contribution in [2.45, 2.75) is 45.1 Å². The summed E-state index contributed by atoms with van der Waals surface area (Å²) in [5.74, 6) is 0.125. The summed E-state index contributed by atoms with van der Waals surface area (Å²) in [4.78, 5) is 49.8. The van der Waals surface area contributed by atoms with E-state index in [1.165, 1.54) is 11.8 Å². The molecule has 0 saturated carbocycles. The Morgan fingerprint density at radius 2 is 1.56 bits per heavy atom. The molecule has 0 aromatic heterocycles. The molecule has 0 spiro atoms. The lowest BCUT2D eigenvalue weighted by Gasteiger charge is -2.30. The Kier molecular flexibility index (Phi) is 7.97. The van der Waals surface area contributed by atoms with Gasteiger partial charge in [0.25, 0.3) is 5.08 Å². The first-order valence-electron chi connectivity index (χ1n) is 8.39. The molecule has 1 aromatic carbocycles. The largest absolute Gasteiger partial charge is 0.369 e. The van der Waals surface area contributed by atoms with Gasteiger partial charge in [-0.1, -0.05) is 26.0 Å². The van der Waals surface area contributed by atoms with Crippen molar-refractivity contribution in [3.63, 3.8) is 0 Å². The Hall–Kier alpha value is -1.05. The molecule has 27 heavy (non-hydrogen) atoms. The molecule has 1 aromatic rings. The normalized spacial score (nSPS) is 13.1. The second-order valence-corrected chi connectivity index (χ2v) is 10.9. The third-order valence-corrected chi connectivity index (χ3v) is 7.98. The summed E-state index contributed by atoms with van der Waals surface area (Å²) in [6, 6.07) is 7.20. The third kappa shape index (κ3) is 6.22. The van der Waals surface area contributed by atoms with E-state index in [1.54, 1.807) is 12.1 Å². The van der Waals surface area contributed by atoms with Crippen molar-refractivity contribution in [2.24, 2.45) is 5.92 Å². The van der Waals surface area contributed by atoms with Gasteiger partial charge in [-0.25, -0.2) is 0 Å². The van der Waals surface area contributed by atoms with Gasteiger partial charge in [-0.05, 0) is 36.5 Å². The average molecular weight is 423 g/mol. The highest BCUT2D eigenvalue weighted by molar-refractivity contribution is 7.72. The van der Waals surface area contributed by atoms with Crippen LogP contribution in [0.25, 0.3) is 0 Å². The summed E-state index contributed by atoms with van der Waals surface area (Å²) in [6.07, 6.45) is -0.214. The number of benzene rings is 1. The molecule has 1 amide bonds. The molecule has 0 aliphatic carbocycles. The Morgan fingerprint density at radius 1 is 1.07 bits per heavy atom. The summed E-state index contributed by atoms with van der Waals surface area (Å²) >= 11 is 0. The molecule has 0 heterocycles. The maximum Gasteiger partial charge on any atom is 0.369 e. The number of carbonyl (C=O) groups excluding carboxylic acids is 1. The monoisotopic (exact) mass is 423 g/mol. The fourth-order valence-corrected chi connectivity index (χ4v) is 4.94. The second kappa shape index (κ2) is 8.97. The number of carbonyl (C=O) groups is 1. The predicted molar refractivity (Wildman–Crippen MR) is 101 cm³/mol. The number of hydrogen-bond donors (Lipinski definition) is 5. The van der Waals surface area contributed by atoms with E-state index in [2.05, 4.69) is 13.8 Å². The zero-order chi connectivity index (χ0) is 21.0. The SMILES string of the molecule is CC(=O)N(CCCC(O)(P(=O)(O)O)P(=O)(O)O)c1ccc(CC(C)C)cc1. The van der Waals surface area contributed by atoms with Gasteiger partial charge < -0.3 is 29.6 Å². The van der Waals surface area contributed by atoms with E-state index >= 15 is 0 Å². The molecule has 0 aliphatic rings. The van der Waals surface area contributed by atoms with Crippen LogP contribution in [-0.2, 0) is 20.3 Å². The van der Waals surface area contributed by atoms with Crippen LogP contribution in [0, 0.1) is 5.92 Å². The van der Waals surface area contributed by atoms with Crippen LogP contribution in [0.4, 0.5) is 5.69 Å². The van der Waals surface area contributed by atoms with Crippen molar-refractivity contribution >= 4 is 26.8 Å². The molecular weight excluding hydrogens is 396 g/mol. The Bertz CT molecular complexity index is 715. The van der Waals surface area contributed by atoms with Gasteiger partial charge in [0, 0.05) is 25.6 Å². The molecule has 5 N–H and O–H groups in total. The van der Waals surface area contributed by atoms with Gasteiger partial charge in [0.05, 0.1) is 0 Å². The van der Waals surface area contributed by atoms with Crippen molar-refractivity contribution in [1.82, 2.24) is 0 Å². The predicted octanol–water partition coefficient (Wildman–Crippen LogP) is 2.02. The summed E-state index contributed by atoms with van der Waals surface area (Å²) in [5, 5.41) is 6.43. The van der Waals surface area contributed by atoms with Gasteiger partial charge in [-0.2, -0.15) is 0 Å². The molecule has 0 bridgehead atoms. The molecule has 11 heteroatoms. The lowest BCUT2D eigenvalue weighted by atomic mass is 10.0. The zero-order valence-corrected chi connectivity index (χ0v) is 17.3. The summed E-state index contributed by atoms with van der Waals surface area (Å²) in [5.41, 5.74) is 1.64. The number of anilines is 1. The van der Waals surface area contributed by atoms with Gasteiger partial charge in [-0.3, -0.25) is 13.9 Å². The fourth-order valence-electron chi connectivity index (χ4n) is 2.69.